The number of hydrogen-bond acceptors (Lipinski definition) is 12. The van der Waals surface area contributed by atoms with Crippen LogP contribution >= 0.6 is 0 Å². The van der Waals surface area contributed by atoms with Gasteiger partial charge in [0.25, 0.3) is 11.4 Å². The largest absolute Gasteiger partial charge is 0.614 e. The third kappa shape index (κ3) is 5.38. The predicted octanol–water partition coefficient (Wildman–Crippen LogP) is 1.64. The number of hydrogen-bond donors (Lipinski definition) is 0. The van der Waals surface area contributed by atoms with E-state index in [9.17, 15) is 39.2 Å². The molecule has 17 heteroatoms. The fourth-order valence-corrected chi connectivity index (χ4v) is 6.78. The molecule has 2 aliphatic rings. The third-order valence-electron chi connectivity index (χ3n) is 6.98. The Hall–Kier alpha value is -4.90. The Morgan fingerprint density at radius 3 is 2.07 bits per heavy atom. The van der Waals surface area contributed by atoms with E-state index in [0.717, 1.165) is 11.0 Å². The fraction of sp³-hybridized carbons (Fsp3) is 0.320. The standard InChI is InChI=1S/C25H22N6O10S/c1-25(14-28-26-11-19(27-28)23(33)40-12-15-2-6-17(7-3-15)30(35)36)22(29-20(32)10-21(29)42(25)39)24(34)41-13-16-4-8-18(9-5-16)31(37)38/h2-9,11,21-22H,10,12-14H2,1H3/t21-,22-,25-,42?/m0/s1. The zero-order valence-electron chi connectivity index (χ0n) is 21.9. The van der Waals surface area contributed by atoms with Crippen molar-refractivity contribution in [2.24, 2.45) is 0 Å². The van der Waals surface area contributed by atoms with Gasteiger partial charge in [0.2, 0.25) is 11.3 Å². The normalized spacial score (nSPS) is 22.7. The molecule has 3 heterocycles. The molecule has 16 nitrogen and oxygen atoms in total. The summed E-state index contributed by atoms with van der Waals surface area (Å²) in [7, 11) is 0. The molecule has 2 aromatic carbocycles. The molecule has 1 amide bonds. The fourth-order valence-electron chi connectivity index (χ4n) is 4.75. The predicted molar refractivity (Wildman–Crippen MR) is 141 cm³/mol. The molecule has 2 fully saturated rings. The van der Waals surface area contributed by atoms with Crippen LogP contribution in [0.25, 0.3) is 0 Å². The van der Waals surface area contributed by atoms with Gasteiger partial charge >= 0.3 is 11.9 Å². The molecule has 0 bridgehead atoms. The summed E-state index contributed by atoms with van der Waals surface area (Å²) in [6, 6.07) is 9.64. The highest BCUT2D eigenvalue weighted by Gasteiger charge is 2.70. The molecule has 1 unspecified atom stereocenters. The van der Waals surface area contributed by atoms with Crippen molar-refractivity contribution >= 4 is 40.4 Å². The second-order valence-corrected chi connectivity index (χ2v) is 11.8. The number of carbonyl (C=O) groups is 3. The van der Waals surface area contributed by atoms with Crippen molar-refractivity contribution in [2.75, 3.05) is 0 Å². The van der Waals surface area contributed by atoms with Gasteiger partial charge in [0.05, 0.1) is 22.5 Å². The Bertz CT molecular complexity index is 1560. The van der Waals surface area contributed by atoms with E-state index in [0.29, 0.717) is 11.1 Å². The Labute approximate surface area is 239 Å². The molecule has 0 saturated carbocycles. The molecule has 0 N–H and O–H groups in total. The molecule has 2 saturated heterocycles. The van der Waals surface area contributed by atoms with Crippen molar-refractivity contribution < 1.29 is 38.3 Å². The molecule has 2 aliphatic heterocycles. The zero-order valence-corrected chi connectivity index (χ0v) is 22.7. The number of fused-ring (bicyclic) bond motifs is 1. The number of nitro benzene ring substituents is 2. The van der Waals surface area contributed by atoms with Crippen molar-refractivity contribution in [1.29, 1.82) is 0 Å². The topological polar surface area (TPSA) is 213 Å². The summed E-state index contributed by atoms with van der Waals surface area (Å²) in [6.45, 7) is 0.940. The molecule has 1 aromatic heterocycles. The highest BCUT2D eigenvalue weighted by molar-refractivity contribution is 7.93. The molecule has 5 rings (SSSR count). The van der Waals surface area contributed by atoms with E-state index in [1.165, 1.54) is 53.4 Å². The van der Waals surface area contributed by atoms with Gasteiger partial charge in [-0.2, -0.15) is 9.90 Å². The van der Waals surface area contributed by atoms with Gasteiger partial charge in [-0.15, -0.1) is 5.10 Å². The maximum Gasteiger partial charge on any atom is 0.360 e. The van der Waals surface area contributed by atoms with Crippen LogP contribution in [0.15, 0.2) is 54.7 Å². The minimum Gasteiger partial charge on any atom is -0.614 e. The number of amides is 1. The molecule has 0 aliphatic carbocycles. The average Bonchev–Trinajstić information content (AvgIpc) is 3.50. The molecular weight excluding hydrogens is 576 g/mol. The minimum absolute atomic E-state index is 0.00108. The van der Waals surface area contributed by atoms with E-state index in [1.807, 2.05) is 0 Å². The summed E-state index contributed by atoms with van der Waals surface area (Å²) >= 11 is -1.71. The Balaban J connectivity index is 1.26. The van der Waals surface area contributed by atoms with Crippen LogP contribution in [0.4, 0.5) is 11.4 Å². The first-order valence-corrected chi connectivity index (χ1v) is 13.6. The summed E-state index contributed by atoms with van der Waals surface area (Å²) in [6.07, 6.45) is 1.14. The van der Waals surface area contributed by atoms with E-state index < -0.39 is 49.1 Å². The van der Waals surface area contributed by atoms with Crippen LogP contribution in [-0.4, -0.2) is 68.3 Å². The smallest absolute Gasteiger partial charge is 0.360 e. The molecule has 3 aromatic rings. The lowest BCUT2D eigenvalue weighted by Crippen LogP contribution is -2.58. The van der Waals surface area contributed by atoms with Crippen LogP contribution in [0, 0.1) is 20.2 Å². The summed E-state index contributed by atoms with van der Waals surface area (Å²) in [5.41, 5.74) is 0.595. The van der Waals surface area contributed by atoms with Gasteiger partial charge in [0, 0.05) is 24.3 Å². The second kappa shape index (κ2) is 11.2. The van der Waals surface area contributed by atoms with Crippen LogP contribution in [0.5, 0.6) is 0 Å². The van der Waals surface area contributed by atoms with Gasteiger partial charge in [-0.3, -0.25) is 29.9 Å². The highest BCUT2D eigenvalue weighted by Crippen LogP contribution is 2.47. The van der Waals surface area contributed by atoms with Crippen LogP contribution in [0.3, 0.4) is 0 Å². The highest BCUT2D eigenvalue weighted by atomic mass is 32.2. The first kappa shape index (κ1) is 28.6. The number of benzene rings is 2. The van der Waals surface area contributed by atoms with E-state index in [-0.39, 0.29) is 49.2 Å². The van der Waals surface area contributed by atoms with E-state index in [1.54, 1.807) is 6.92 Å². The Kier molecular flexibility index (Phi) is 7.61. The van der Waals surface area contributed by atoms with Crippen LogP contribution in [0.2, 0.25) is 0 Å². The van der Waals surface area contributed by atoms with Gasteiger partial charge in [-0.25, -0.2) is 9.59 Å². The van der Waals surface area contributed by atoms with E-state index >= 15 is 0 Å². The van der Waals surface area contributed by atoms with E-state index in [2.05, 4.69) is 10.2 Å². The second-order valence-electron chi connectivity index (χ2n) is 9.76. The lowest BCUT2D eigenvalue weighted by atomic mass is 9.96. The van der Waals surface area contributed by atoms with Crippen molar-refractivity contribution in [3.8, 4) is 0 Å². The molecule has 42 heavy (non-hydrogen) atoms. The van der Waals surface area contributed by atoms with Crippen LogP contribution < -0.4 is 0 Å². The zero-order chi connectivity index (χ0) is 30.2. The van der Waals surface area contributed by atoms with Crippen molar-refractivity contribution in [3.63, 3.8) is 0 Å². The number of nitrogens with zero attached hydrogens (tertiary/aromatic N) is 6. The van der Waals surface area contributed by atoms with Crippen molar-refractivity contribution in [2.45, 2.75) is 49.3 Å². The first-order valence-electron chi connectivity index (χ1n) is 12.4. The van der Waals surface area contributed by atoms with E-state index in [4.69, 9.17) is 9.47 Å². The Morgan fingerprint density at radius 2 is 1.55 bits per heavy atom. The van der Waals surface area contributed by atoms with Crippen LogP contribution in [0.1, 0.15) is 35.0 Å². The lowest BCUT2D eigenvalue weighted by Gasteiger charge is -2.33. The maximum atomic E-state index is 13.4. The van der Waals surface area contributed by atoms with Gasteiger partial charge in [0.15, 0.2) is 16.5 Å². The molecular formula is C25H22N6O10S. The number of esters is 2. The summed E-state index contributed by atoms with van der Waals surface area (Å²) in [5, 5.41) is 29.1. The van der Waals surface area contributed by atoms with Gasteiger partial charge in [-0.1, -0.05) is 0 Å². The Morgan fingerprint density at radius 1 is 1.00 bits per heavy atom. The quantitative estimate of drug-likeness (QED) is 0.107. The molecule has 0 spiro atoms. The monoisotopic (exact) mass is 598 g/mol. The molecule has 218 valence electrons. The summed E-state index contributed by atoms with van der Waals surface area (Å²) in [5.74, 6) is -2.00. The maximum absolute atomic E-state index is 13.4. The minimum atomic E-state index is -1.71. The number of rotatable bonds is 10. The van der Waals surface area contributed by atoms with Crippen LogP contribution in [-0.2, 0) is 50.0 Å². The number of ether oxygens (including phenoxy) is 2. The SMILES string of the molecule is C[C@]1(Cn2ncc(C(=O)OCc3ccc([N+](=O)[O-])cc3)n2)[C@H](C(=O)OCc2ccc([N+](=O)[O-])cc2)N2C(=O)C[C@@H]2[S+]1[O-]. The number of aromatic nitrogens is 3. The van der Waals surface area contributed by atoms with Gasteiger partial charge < -0.3 is 14.0 Å². The number of non-ortho nitro benzene ring substituents is 2. The third-order valence-corrected chi connectivity index (χ3v) is 9.14. The number of nitro groups is 2. The van der Waals surface area contributed by atoms with Gasteiger partial charge in [0.1, 0.15) is 19.8 Å². The van der Waals surface area contributed by atoms with Crippen molar-refractivity contribution in [1.82, 2.24) is 19.9 Å². The number of β-lactam (4-membered cyclic amide) rings is 1. The molecule has 4 atom stereocenters. The molecule has 0 radical (unpaired) electrons. The van der Waals surface area contributed by atoms with Crippen molar-refractivity contribution in [3.05, 3.63) is 91.8 Å². The lowest BCUT2D eigenvalue weighted by molar-refractivity contribution is -0.385. The summed E-state index contributed by atoms with van der Waals surface area (Å²) in [4.78, 5) is 61.1. The summed E-state index contributed by atoms with van der Waals surface area (Å²) < 4.78 is 22.7. The first-order chi connectivity index (χ1) is 20.0. The van der Waals surface area contributed by atoms with Gasteiger partial charge in [-0.05, 0) is 53.5 Å². The number of carbonyl (C=O) groups excluding carboxylic acids is 3. The average molecular weight is 599 g/mol.